The third-order valence-corrected chi connectivity index (χ3v) is 3.34. The summed E-state index contributed by atoms with van der Waals surface area (Å²) in [6.07, 6.45) is 2.61. The van der Waals surface area contributed by atoms with E-state index in [0.29, 0.717) is 11.4 Å². The molecule has 98 valence electrons. The molecule has 0 amide bonds. The Hall–Kier alpha value is -1.60. The van der Waals surface area contributed by atoms with E-state index in [0.717, 1.165) is 24.0 Å². The highest BCUT2D eigenvalue weighted by Gasteiger charge is 2.07. The molecular formula is C17H17ClO. The Balaban J connectivity index is 2.05. The van der Waals surface area contributed by atoms with Gasteiger partial charge in [-0.2, -0.15) is 0 Å². The van der Waals surface area contributed by atoms with Crippen LogP contribution in [0.1, 0.15) is 34.8 Å². The van der Waals surface area contributed by atoms with E-state index in [1.807, 2.05) is 48.5 Å². The highest BCUT2D eigenvalue weighted by molar-refractivity contribution is 6.30. The number of hydrogen-bond acceptors (Lipinski definition) is 1. The van der Waals surface area contributed by atoms with Crippen LogP contribution in [0.3, 0.4) is 0 Å². The van der Waals surface area contributed by atoms with E-state index >= 15 is 0 Å². The Morgan fingerprint density at radius 1 is 0.947 bits per heavy atom. The molecule has 0 heterocycles. The third-order valence-electron chi connectivity index (χ3n) is 3.09. The molecule has 0 aliphatic heterocycles. The first-order valence-electron chi connectivity index (χ1n) is 6.55. The van der Waals surface area contributed by atoms with E-state index < -0.39 is 0 Å². The number of benzene rings is 2. The van der Waals surface area contributed by atoms with Crippen LogP contribution >= 0.6 is 11.6 Å². The van der Waals surface area contributed by atoms with Crippen molar-refractivity contribution in [3.8, 4) is 0 Å². The van der Waals surface area contributed by atoms with E-state index in [2.05, 4.69) is 6.92 Å². The molecule has 0 unspecified atom stereocenters. The third kappa shape index (κ3) is 3.93. The average Bonchev–Trinajstić information content (AvgIpc) is 2.42. The summed E-state index contributed by atoms with van der Waals surface area (Å²) in [5, 5.41) is 0.695. The summed E-state index contributed by atoms with van der Waals surface area (Å²) in [5.41, 5.74) is 3.05. The summed E-state index contributed by atoms with van der Waals surface area (Å²) < 4.78 is 0. The molecule has 0 fully saturated rings. The molecule has 1 nitrogen and oxygen atoms in total. The summed E-state index contributed by atoms with van der Waals surface area (Å²) in [6.45, 7) is 2.15. The highest BCUT2D eigenvalue weighted by Crippen LogP contribution is 2.13. The minimum absolute atomic E-state index is 0.144. The molecule has 0 radical (unpaired) electrons. The molecule has 0 saturated heterocycles. The van der Waals surface area contributed by atoms with E-state index in [4.69, 9.17) is 11.6 Å². The van der Waals surface area contributed by atoms with Gasteiger partial charge in [0.1, 0.15) is 0 Å². The number of ketones is 1. The lowest BCUT2D eigenvalue weighted by Crippen LogP contribution is -2.03. The lowest BCUT2D eigenvalue weighted by molar-refractivity contribution is 0.0993. The fourth-order valence-electron chi connectivity index (χ4n) is 2.04. The zero-order valence-electron chi connectivity index (χ0n) is 11.0. The van der Waals surface area contributed by atoms with Gasteiger partial charge in [-0.15, -0.1) is 0 Å². The number of rotatable bonds is 5. The normalized spacial score (nSPS) is 10.4. The lowest BCUT2D eigenvalue weighted by Gasteiger charge is -2.04. The number of Topliss-reactive ketones (excluding diaryl/α,β-unsaturated/α-hetero) is 1. The van der Waals surface area contributed by atoms with Gasteiger partial charge in [0.25, 0.3) is 0 Å². The Morgan fingerprint density at radius 3 is 2.11 bits per heavy atom. The average molecular weight is 273 g/mol. The van der Waals surface area contributed by atoms with Gasteiger partial charge in [0.2, 0.25) is 0 Å². The van der Waals surface area contributed by atoms with Crippen molar-refractivity contribution < 1.29 is 4.79 Å². The Bertz CT molecular complexity index is 540. The molecule has 2 aromatic carbocycles. The molecule has 0 N–H and O–H groups in total. The molecule has 2 heteroatoms. The summed E-state index contributed by atoms with van der Waals surface area (Å²) in [6, 6.07) is 15.3. The van der Waals surface area contributed by atoms with Crippen molar-refractivity contribution >= 4 is 17.4 Å². The molecule has 19 heavy (non-hydrogen) atoms. The molecular weight excluding hydrogens is 256 g/mol. The van der Waals surface area contributed by atoms with Gasteiger partial charge in [-0.1, -0.05) is 61.3 Å². The van der Waals surface area contributed by atoms with Crippen molar-refractivity contribution in [1.82, 2.24) is 0 Å². The van der Waals surface area contributed by atoms with Gasteiger partial charge in [0.05, 0.1) is 0 Å². The number of aryl methyl sites for hydroxylation is 1. The molecule has 0 aliphatic rings. The molecule has 0 saturated carbocycles. The number of carbonyl (C=O) groups excluding carboxylic acids is 1. The van der Waals surface area contributed by atoms with Crippen LogP contribution in [0, 0.1) is 0 Å². The van der Waals surface area contributed by atoms with Crippen molar-refractivity contribution in [2.45, 2.75) is 26.2 Å². The van der Waals surface area contributed by atoms with Crippen molar-refractivity contribution in [3.63, 3.8) is 0 Å². The van der Waals surface area contributed by atoms with Crippen molar-refractivity contribution in [3.05, 3.63) is 70.2 Å². The van der Waals surface area contributed by atoms with Crippen LogP contribution in [-0.2, 0) is 12.8 Å². The summed E-state index contributed by atoms with van der Waals surface area (Å²) in [7, 11) is 0. The summed E-state index contributed by atoms with van der Waals surface area (Å²) in [4.78, 5) is 12.1. The van der Waals surface area contributed by atoms with Gasteiger partial charge < -0.3 is 0 Å². The summed E-state index contributed by atoms with van der Waals surface area (Å²) >= 11 is 5.83. The monoisotopic (exact) mass is 272 g/mol. The minimum atomic E-state index is 0.144. The van der Waals surface area contributed by atoms with Gasteiger partial charge in [-0.3, -0.25) is 4.79 Å². The maximum atomic E-state index is 12.1. The minimum Gasteiger partial charge on any atom is -0.294 e. The van der Waals surface area contributed by atoms with Crippen LogP contribution in [-0.4, -0.2) is 5.78 Å². The number of hydrogen-bond donors (Lipinski definition) is 0. The van der Waals surface area contributed by atoms with Crippen molar-refractivity contribution in [2.24, 2.45) is 0 Å². The Labute approximate surface area is 119 Å². The summed E-state index contributed by atoms with van der Waals surface area (Å²) in [5.74, 6) is 0.144. The van der Waals surface area contributed by atoms with Crippen LogP contribution in [0.2, 0.25) is 5.02 Å². The molecule has 0 aromatic heterocycles. The van der Waals surface area contributed by atoms with Crippen LogP contribution in [0.4, 0.5) is 0 Å². The molecule has 0 spiro atoms. The fourth-order valence-corrected chi connectivity index (χ4v) is 2.16. The molecule has 0 atom stereocenters. The van der Waals surface area contributed by atoms with Gasteiger partial charge in [-0.05, 0) is 29.7 Å². The van der Waals surface area contributed by atoms with E-state index in [-0.39, 0.29) is 5.78 Å². The van der Waals surface area contributed by atoms with Crippen LogP contribution in [0.5, 0.6) is 0 Å². The van der Waals surface area contributed by atoms with Crippen LogP contribution < -0.4 is 0 Å². The maximum Gasteiger partial charge on any atom is 0.167 e. The van der Waals surface area contributed by atoms with Crippen molar-refractivity contribution in [1.29, 1.82) is 0 Å². The van der Waals surface area contributed by atoms with Crippen LogP contribution in [0.15, 0.2) is 48.5 Å². The SMILES string of the molecule is CCCc1ccc(C(=O)Cc2ccc(Cl)cc2)cc1. The second-order valence-electron chi connectivity index (χ2n) is 4.67. The van der Waals surface area contributed by atoms with Crippen LogP contribution in [0.25, 0.3) is 0 Å². The standard InChI is InChI=1S/C17H17ClO/c1-2-3-13-4-8-15(9-5-13)17(19)12-14-6-10-16(18)11-7-14/h4-11H,2-3,12H2,1H3. The first-order chi connectivity index (χ1) is 9.19. The number of halogens is 1. The highest BCUT2D eigenvalue weighted by atomic mass is 35.5. The van der Waals surface area contributed by atoms with Crippen molar-refractivity contribution in [2.75, 3.05) is 0 Å². The zero-order valence-corrected chi connectivity index (χ0v) is 11.8. The second kappa shape index (κ2) is 6.53. The Kier molecular flexibility index (Phi) is 4.75. The van der Waals surface area contributed by atoms with E-state index in [9.17, 15) is 4.79 Å². The fraction of sp³-hybridized carbons (Fsp3) is 0.235. The predicted octanol–water partition coefficient (Wildman–Crippen LogP) is 4.72. The zero-order chi connectivity index (χ0) is 13.7. The largest absolute Gasteiger partial charge is 0.294 e. The predicted molar refractivity (Wildman–Crippen MR) is 79.9 cm³/mol. The topological polar surface area (TPSA) is 17.1 Å². The number of carbonyl (C=O) groups is 1. The smallest absolute Gasteiger partial charge is 0.167 e. The molecule has 2 rings (SSSR count). The van der Waals surface area contributed by atoms with Gasteiger partial charge in [0.15, 0.2) is 5.78 Å². The van der Waals surface area contributed by atoms with Gasteiger partial charge in [-0.25, -0.2) is 0 Å². The first-order valence-corrected chi connectivity index (χ1v) is 6.93. The van der Waals surface area contributed by atoms with E-state index in [1.54, 1.807) is 0 Å². The van der Waals surface area contributed by atoms with Gasteiger partial charge >= 0.3 is 0 Å². The quantitative estimate of drug-likeness (QED) is 0.720. The van der Waals surface area contributed by atoms with E-state index in [1.165, 1.54) is 5.56 Å². The van der Waals surface area contributed by atoms with Gasteiger partial charge in [0, 0.05) is 17.0 Å². The molecule has 0 bridgehead atoms. The first kappa shape index (κ1) is 13.8. The Morgan fingerprint density at radius 2 is 1.53 bits per heavy atom. The molecule has 0 aliphatic carbocycles. The molecule has 2 aromatic rings. The second-order valence-corrected chi connectivity index (χ2v) is 5.11. The maximum absolute atomic E-state index is 12.1. The lowest BCUT2D eigenvalue weighted by atomic mass is 10.0.